The number of alkyl halides is 3. The maximum Gasteiger partial charge on any atom is 0.417 e. The largest absolute Gasteiger partial charge is 0.417 e. The molecule has 19 heavy (non-hydrogen) atoms. The molecule has 1 aromatic rings. The quantitative estimate of drug-likeness (QED) is 0.806. The number of carbonyl (C=O) groups excluding carboxylic acids is 1. The SMILES string of the molecule is CC(C)NCCNC(=O)c1ccc(C(F)(F)F)cn1. The van der Waals surface area contributed by atoms with Crippen LogP contribution in [0.3, 0.4) is 0 Å². The van der Waals surface area contributed by atoms with Gasteiger partial charge in [-0.2, -0.15) is 13.2 Å². The van der Waals surface area contributed by atoms with E-state index in [2.05, 4.69) is 15.6 Å². The molecule has 106 valence electrons. The smallest absolute Gasteiger partial charge is 0.349 e. The van der Waals surface area contributed by atoms with Gasteiger partial charge in [-0.3, -0.25) is 9.78 Å². The summed E-state index contributed by atoms with van der Waals surface area (Å²) in [5, 5.41) is 5.66. The molecule has 0 saturated heterocycles. The maximum absolute atomic E-state index is 12.3. The number of carbonyl (C=O) groups is 1. The fourth-order valence-electron chi connectivity index (χ4n) is 1.32. The summed E-state index contributed by atoms with van der Waals surface area (Å²) in [6, 6.07) is 2.21. The van der Waals surface area contributed by atoms with Gasteiger partial charge in [-0.05, 0) is 12.1 Å². The molecule has 1 heterocycles. The second-order valence-electron chi connectivity index (χ2n) is 4.29. The number of hydrogen-bond acceptors (Lipinski definition) is 3. The fraction of sp³-hybridized carbons (Fsp3) is 0.500. The monoisotopic (exact) mass is 275 g/mol. The van der Waals surface area contributed by atoms with E-state index in [1.807, 2.05) is 13.8 Å². The highest BCUT2D eigenvalue weighted by Crippen LogP contribution is 2.28. The number of halogens is 3. The summed E-state index contributed by atoms with van der Waals surface area (Å²) in [5.41, 5.74) is -0.900. The molecule has 2 N–H and O–H groups in total. The first kappa shape index (κ1) is 15.4. The fourth-order valence-corrected chi connectivity index (χ4v) is 1.32. The number of hydrogen-bond donors (Lipinski definition) is 2. The third-order valence-electron chi connectivity index (χ3n) is 2.29. The van der Waals surface area contributed by atoms with E-state index in [0.717, 1.165) is 12.1 Å². The van der Waals surface area contributed by atoms with Crippen LogP contribution >= 0.6 is 0 Å². The van der Waals surface area contributed by atoms with Gasteiger partial charge in [0.15, 0.2) is 0 Å². The minimum absolute atomic E-state index is 0.0300. The van der Waals surface area contributed by atoms with Crippen molar-refractivity contribution < 1.29 is 18.0 Å². The lowest BCUT2D eigenvalue weighted by Crippen LogP contribution is -2.34. The van der Waals surface area contributed by atoms with Crippen molar-refractivity contribution in [1.82, 2.24) is 15.6 Å². The van der Waals surface area contributed by atoms with Crippen molar-refractivity contribution in [2.75, 3.05) is 13.1 Å². The summed E-state index contributed by atoms with van der Waals surface area (Å²) in [4.78, 5) is 15.1. The number of nitrogens with zero attached hydrogens (tertiary/aromatic N) is 1. The van der Waals surface area contributed by atoms with Gasteiger partial charge < -0.3 is 10.6 Å². The number of nitrogens with one attached hydrogen (secondary N) is 2. The molecule has 0 spiro atoms. The highest BCUT2D eigenvalue weighted by atomic mass is 19.4. The molecule has 0 radical (unpaired) electrons. The summed E-state index contributed by atoms with van der Waals surface area (Å²) in [7, 11) is 0. The summed E-state index contributed by atoms with van der Waals surface area (Å²) in [5.74, 6) is -0.487. The number of rotatable bonds is 5. The average molecular weight is 275 g/mol. The summed E-state index contributed by atoms with van der Waals surface area (Å²) in [6.45, 7) is 4.92. The minimum Gasteiger partial charge on any atom is -0.349 e. The number of pyridine rings is 1. The van der Waals surface area contributed by atoms with Crippen molar-refractivity contribution in [1.29, 1.82) is 0 Å². The zero-order chi connectivity index (χ0) is 14.5. The van der Waals surface area contributed by atoms with E-state index in [1.54, 1.807) is 0 Å². The Morgan fingerprint density at radius 1 is 1.32 bits per heavy atom. The molecule has 1 rings (SSSR count). The predicted octanol–water partition coefficient (Wildman–Crippen LogP) is 1.83. The molecule has 0 bridgehead atoms. The Morgan fingerprint density at radius 3 is 2.47 bits per heavy atom. The van der Waals surface area contributed by atoms with Crippen molar-refractivity contribution in [3.63, 3.8) is 0 Å². The summed E-state index contributed by atoms with van der Waals surface area (Å²) >= 11 is 0. The first-order valence-electron chi connectivity index (χ1n) is 5.85. The molecular weight excluding hydrogens is 259 g/mol. The Bertz CT molecular complexity index is 415. The molecule has 1 amide bonds. The summed E-state index contributed by atoms with van der Waals surface area (Å²) < 4.78 is 36.9. The molecule has 0 aliphatic heterocycles. The van der Waals surface area contributed by atoms with Gasteiger partial charge in [0.2, 0.25) is 0 Å². The molecule has 7 heteroatoms. The molecule has 1 aromatic heterocycles. The van der Waals surface area contributed by atoms with Crippen LogP contribution in [0.2, 0.25) is 0 Å². The Morgan fingerprint density at radius 2 is 2.00 bits per heavy atom. The normalized spacial score (nSPS) is 11.7. The first-order chi connectivity index (χ1) is 8.80. The van der Waals surface area contributed by atoms with Crippen LogP contribution in [-0.2, 0) is 6.18 Å². The Hall–Kier alpha value is -1.63. The van der Waals surface area contributed by atoms with E-state index >= 15 is 0 Å². The van der Waals surface area contributed by atoms with Gasteiger partial charge in [-0.1, -0.05) is 13.8 Å². The highest BCUT2D eigenvalue weighted by Gasteiger charge is 2.30. The zero-order valence-electron chi connectivity index (χ0n) is 10.7. The van der Waals surface area contributed by atoms with Crippen LogP contribution in [0.15, 0.2) is 18.3 Å². The molecule has 0 aliphatic carbocycles. The second kappa shape index (κ2) is 6.51. The van der Waals surface area contributed by atoms with E-state index in [4.69, 9.17) is 0 Å². The third kappa shape index (κ3) is 5.25. The lowest BCUT2D eigenvalue weighted by molar-refractivity contribution is -0.137. The van der Waals surface area contributed by atoms with Crippen LogP contribution in [-0.4, -0.2) is 30.0 Å². The van der Waals surface area contributed by atoms with Crippen LogP contribution in [0.1, 0.15) is 29.9 Å². The lowest BCUT2D eigenvalue weighted by Gasteiger charge is -2.09. The van der Waals surface area contributed by atoms with Crippen LogP contribution in [0, 0.1) is 0 Å². The number of amides is 1. The molecule has 0 aromatic carbocycles. The average Bonchev–Trinajstić information content (AvgIpc) is 2.33. The van der Waals surface area contributed by atoms with E-state index in [1.165, 1.54) is 0 Å². The molecule has 0 atom stereocenters. The van der Waals surface area contributed by atoms with Crippen LogP contribution in [0.5, 0.6) is 0 Å². The maximum atomic E-state index is 12.3. The van der Waals surface area contributed by atoms with Crippen molar-refractivity contribution in [3.8, 4) is 0 Å². The topological polar surface area (TPSA) is 54.0 Å². The van der Waals surface area contributed by atoms with Gasteiger partial charge in [0.05, 0.1) is 5.56 Å². The van der Waals surface area contributed by atoms with Crippen LogP contribution < -0.4 is 10.6 Å². The van der Waals surface area contributed by atoms with Gasteiger partial charge in [-0.15, -0.1) is 0 Å². The molecule has 0 unspecified atom stereocenters. The minimum atomic E-state index is -4.44. The van der Waals surface area contributed by atoms with Gasteiger partial charge in [0, 0.05) is 25.3 Å². The molecule has 0 saturated carbocycles. The Labute approximate surface area is 109 Å². The van der Waals surface area contributed by atoms with Gasteiger partial charge in [0.25, 0.3) is 5.91 Å². The Balaban J connectivity index is 2.49. The third-order valence-corrected chi connectivity index (χ3v) is 2.29. The van der Waals surface area contributed by atoms with E-state index in [9.17, 15) is 18.0 Å². The van der Waals surface area contributed by atoms with Crippen LogP contribution in [0.4, 0.5) is 13.2 Å². The molecular formula is C12H16F3N3O. The summed E-state index contributed by atoms with van der Waals surface area (Å²) in [6.07, 6.45) is -3.79. The van der Waals surface area contributed by atoms with Gasteiger partial charge in [0.1, 0.15) is 5.69 Å². The Kier molecular flexibility index (Phi) is 5.29. The lowest BCUT2D eigenvalue weighted by atomic mass is 10.2. The second-order valence-corrected chi connectivity index (χ2v) is 4.29. The van der Waals surface area contributed by atoms with E-state index in [-0.39, 0.29) is 5.69 Å². The van der Waals surface area contributed by atoms with Gasteiger partial charge in [-0.25, -0.2) is 0 Å². The van der Waals surface area contributed by atoms with Gasteiger partial charge >= 0.3 is 6.18 Å². The number of aromatic nitrogens is 1. The highest BCUT2D eigenvalue weighted by molar-refractivity contribution is 5.92. The van der Waals surface area contributed by atoms with Crippen molar-refractivity contribution in [3.05, 3.63) is 29.6 Å². The van der Waals surface area contributed by atoms with E-state index < -0.39 is 17.6 Å². The molecule has 0 fully saturated rings. The standard InChI is InChI=1S/C12H16F3N3O/c1-8(2)16-5-6-17-11(19)10-4-3-9(7-18-10)12(13,14)15/h3-4,7-8,16H,5-6H2,1-2H3,(H,17,19). The van der Waals surface area contributed by atoms with Crippen LogP contribution in [0.25, 0.3) is 0 Å². The molecule has 0 aliphatic rings. The van der Waals surface area contributed by atoms with Crippen molar-refractivity contribution >= 4 is 5.91 Å². The van der Waals surface area contributed by atoms with Crippen molar-refractivity contribution in [2.45, 2.75) is 26.1 Å². The van der Waals surface area contributed by atoms with Crippen molar-refractivity contribution in [2.24, 2.45) is 0 Å². The van der Waals surface area contributed by atoms with E-state index in [0.29, 0.717) is 25.3 Å². The first-order valence-corrected chi connectivity index (χ1v) is 5.85. The zero-order valence-corrected chi connectivity index (χ0v) is 10.7. The predicted molar refractivity (Wildman–Crippen MR) is 64.7 cm³/mol. The molecule has 4 nitrogen and oxygen atoms in total.